The van der Waals surface area contributed by atoms with Crippen molar-refractivity contribution in [2.45, 2.75) is 50.6 Å². The second-order valence-electron chi connectivity index (χ2n) is 7.89. The van der Waals surface area contributed by atoms with E-state index in [4.69, 9.17) is 23.2 Å². The molecule has 1 aliphatic rings. The van der Waals surface area contributed by atoms with Gasteiger partial charge in [-0.3, -0.25) is 9.59 Å². The third-order valence-corrected chi connectivity index (χ3v) is 6.17. The normalized spacial score (nSPS) is 15.3. The van der Waals surface area contributed by atoms with Crippen molar-refractivity contribution in [3.8, 4) is 0 Å². The van der Waals surface area contributed by atoms with Crippen molar-refractivity contribution in [1.82, 2.24) is 10.2 Å². The fraction of sp³-hybridized carbons (Fsp3) is 0.417. The summed E-state index contributed by atoms with van der Waals surface area (Å²) in [4.78, 5) is 27.6. The highest BCUT2D eigenvalue weighted by molar-refractivity contribution is 6.30. The van der Waals surface area contributed by atoms with Crippen LogP contribution in [0.25, 0.3) is 0 Å². The van der Waals surface area contributed by atoms with E-state index in [1.807, 2.05) is 12.1 Å². The summed E-state index contributed by atoms with van der Waals surface area (Å²) in [5.41, 5.74) is 1.55. The second-order valence-corrected chi connectivity index (χ2v) is 8.60. The molecule has 0 aliphatic heterocycles. The maximum atomic E-state index is 13.5. The van der Waals surface area contributed by atoms with E-state index in [0.717, 1.165) is 31.2 Å². The fourth-order valence-electron chi connectivity index (χ4n) is 4.02. The molecule has 1 atom stereocenters. The number of halogens is 3. The zero-order chi connectivity index (χ0) is 22.2. The molecule has 0 heterocycles. The van der Waals surface area contributed by atoms with Crippen molar-refractivity contribution >= 4 is 35.0 Å². The molecule has 0 unspecified atom stereocenters. The van der Waals surface area contributed by atoms with Gasteiger partial charge in [0.1, 0.15) is 17.7 Å². The van der Waals surface area contributed by atoms with Crippen LogP contribution in [0.1, 0.15) is 49.3 Å². The number of hydrogen-bond acceptors (Lipinski definition) is 2. The number of nitrogens with one attached hydrogen (secondary N) is 1. The lowest BCUT2D eigenvalue weighted by Crippen LogP contribution is -2.48. The van der Waals surface area contributed by atoms with Crippen molar-refractivity contribution < 1.29 is 14.0 Å². The van der Waals surface area contributed by atoms with Crippen LogP contribution in [0.3, 0.4) is 0 Å². The van der Waals surface area contributed by atoms with Gasteiger partial charge in [0.05, 0.1) is 0 Å². The van der Waals surface area contributed by atoms with Crippen LogP contribution < -0.4 is 5.32 Å². The number of amides is 2. The molecule has 7 heteroatoms. The van der Waals surface area contributed by atoms with E-state index in [0.29, 0.717) is 23.6 Å². The smallest absolute Gasteiger partial charge is 0.247 e. The number of carbonyl (C=O) groups is 2. The number of rotatable bonds is 8. The molecule has 2 amide bonds. The molecule has 31 heavy (non-hydrogen) atoms. The molecule has 1 N–H and O–H groups in total. The summed E-state index contributed by atoms with van der Waals surface area (Å²) in [6.45, 7) is 0.299. The van der Waals surface area contributed by atoms with Gasteiger partial charge in [-0.15, -0.1) is 11.6 Å². The number of benzene rings is 2. The van der Waals surface area contributed by atoms with Crippen LogP contribution >= 0.6 is 23.2 Å². The Morgan fingerprint density at radius 1 is 1.03 bits per heavy atom. The first-order valence-electron chi connectivity index (χ1n) is 10.6. The summed E-state index contributed by atoms with van der Waals surface area (Å²) >= 11 is 11.9. The van der Waals surface area contributed by atoms with Gasteiger partial charge in [0.25, 0.3) is 0 Å². The predicted octanol–water partition coefficient (Wildman–Crippen LogP) is 5.28. The van der Waals surface area contributed by atoms with Gasteiger partial charge in [0.15, 0.2) is 0 Å². The van der Waals surface area contributed by atoms with E-state index >= 15 is 0 Å². The van der Waals surface area contributed by atoms with Crippen LogP contribution in [0.2, 0.25) is 5.02 Å². The molecule has 0 bridgehead atoms. The Bertz CT molecular complexity index is 868. The predicted molar refractivity (Wildman–Crippen MR) is 122 cm³/mol. The molecule has 1 saturated carbocycles. The largest absolute Gasteiger partial charge is 0.351 e. The van der Waals surface area contributed by atoms with Gasteiger partial charge >= 0.3 is 0 Å². The average molecular weight is 465 g/mol. The molecular weight excluding hydrogens is 438 g/mol. The minimum atomic E-state index is -0.874. The van der Waals surface area contributed by atoms with E-state index in [1.165, 1.54) is 23.5 Å². The van der Waals surface area contributed by atoms with Crippen molar-refractivity contribution in [2.24, 2.45) is 0 Å². The van der Waals surface area contributed by atoms with Crippen molar-refractivity contribution in [2.75, 3.05) is 12.4 Å². The Morgan fingerprint density at radius 3 is 2.29 bits per heavy atom. The number of alkyl halides is 1. The first kappa shape index (κ1) is 23.6. The first-order valence-corrected chi connectivity index (χ1v) is 11.5. The molecule has 1 aliphatic carbocycles. The minimum absolute atomic E-state index is 0.0911. The second kappa shape index (κ2) is 11.5. The average Bonchev–Trinajstić information content (AvgIpc) is 2.78. The summed E-state index contributed by atoms with van der Waals surface area (Å²) in [6, 6.07) is 12.3. The van der Waals surface area contributed by atoms with Gasteiger partial charge in [-0.2, -0.15) is 0 Å². The Labute approximate surface area is 192 Å². The van der Waals surface area contributed by atoms with Crippen LogP contribution in [0.5, 0.6) is 0 Å². The Kier molecular flexibility index (Phi) is 8.73. The Morgan fingerprint density at radius 2 is 1.68 bits per heavy atom. The molecule has 0 radical (unpaired) electrons. The molecule has 0 aromatic heterocycles. The highest BCUT2D eigenvalue weighted by Crippen LogP contribution is 2.25. The Balaban J connectivity index is 1.85. The molecule has 2 aromatic carbocycles. The molecule has 1 fully saturated rings. The molecule has 0 spiro atoms. The lowest BCUT2D eigenvalue weighted by molar-refractivity contribution is -0.139. The van der Waals surface area contributed by atoms with E-state index < -0.39 is 11.9 Å². The van der Waals surface area contributed by atoms with Crippen LogP contribution in [-0.2, 0) is 16.0 Å². The molecule has 4 nitrogen and oxygen atoms in total. The zero-order valence-corrected chi connectivity index (χ0v) is 18.8. The molecule has 3 rings (SSSR count). The van der Waals surface area contributed by atoms with Gasteiger partial charge in [-0.05, 0) is 54.7 Å². The van der Waals surface area contributed by atoms with Crippen molar-refractivity contribution in [3.63, 3.8) is 0 Å². The van der Waals surface area contributed by atoms with E-state index in [9.17, 15) is 14.0 Å². The highest BCUT2D eigenvalue weighted by Gasteiger charge is 2.32. The Hall–Kier alpha value is -2.11. The SMILES string of the molecule is O=C(NC1CCCCC1)[C@H](c1ccc(F)cc1)N(CCc1ccc(Cl)cc1)C(=O)CCl. The van der Waals surface area contributed by atoms with Crippen molar-refractivity contribution in [1.29, 1.82) is 0 Å². The van der Waals surface area contributed by atoms with Crippen molar-refractivity contribution in [3.05, 3.63) is 70.5 Å². The van der Waals surface area contributed by atoms with Crippen LogP contribution in [0, 0.1) is 5.82 Å². The van der Waals surface area contributed by atoms with Gasteiger partial charge in [-0.25, -0.2) is 4.39 Å². The molecule has 0 saturated heterocycles. The minimum Gasteiger partial charge on any atom is -0.351 e. The first-order chi connectivity index (χ1) is 15.0. The fourth-order valence-corrected chi connectivity index (χ4v) is 4.30. The van der Waals surface area contributed by atoms with Crippen LogP contribution in [-0.4, -0.2) is 35.2 Å². The van der Waals surface area contributed by atoms with Gasteiger partial charge in [0.2, 0.25) is 11.8 Å². The molecular formula is C24H27Cl2FN2O2. The number of nitrogens with zero attached hydrogens (tertiary/aromatic N) is 1. The van der Waals surface area contributed by atoms with Crippen LogP contribution in [0.4, 0.5) is 4.39 Å². The summed E-state index contributed by atoms with van der Waals surface area (Å²) in [6.07, 6.45) is 5.71. The quantitative estimate of drug-likeness (QED) is 0.540. The summed E-state index contributed by atoms with van der Waals surface area (Å²) in [5, 5.41) is 3.74. The maximum Gasteiger partial charge on any atom is 0.247 e. The van der Waals surface area contributed by atoms with Gasteiger partial charge in [0, 0.05) is 17.6 Å². The third kappa shape index (κ3) is 6.68. The number of carbonyl (C=O) groups excluding carboxylic acids is 2. The molecule has 2 aromatic rings. The summed E-state index contributed by atoms with van der Waals surface area (Å²) in [5.74, 6) is -1.24. The van der Waals surface area contributed by atoms with Gasteiger partial charge in [-0.1, -0.05) is 55.1 Å². The summed E-state index contributed by atoms with van der Waals surface area (Å²) in [7, 11) is 0. The van der Waals surface area contributed by atoms with Crippen LogP contribution in [0.15, 0.2) is 48.5 Å². The maximum absolute atomic E-state index is 13.5. The van der Waals surface area contributed by atoms with E-state index in [2.05, 4.69) is 5.32 Å². The van der Waals surface area contributed by atoms with E-state index in [-0.39, 0.29) is 23.7 Å². The summed E-state index contributed by atoms with van der Waals surface area (Å²) < 4.78 is 13.5. The lowest BCUT2D eigenvalue weighted by Gasteiger charge is -2.33. The van der Waals surface area contributed by atoms with E-state index in [1.54, 1.807) is 24.3 Å². The zero-order valence-electron chi connectivity index (χ0n) is 17.3. The topological polar surface area (TPSA) is 49.4 Å². The monoisotopic (exact) mass is 464 g/mol. The highest BCUT2D eigenvalue weighted by atomic mass is 35.5. The van der Waals surface area contributed by atoms with Gasteiger partial charge < -0.3 is 10.2 Å². The standard InChI is InChI=1S/C24H27Cl2FN2O2/c25-16-22(30)29(15-14-17-6-10-19(26)11-7-17)23(18-8-12-20(27)13-9-18)24(31)28-21-4-2-1-3-5-21/h6-13,21,23H,1-5,14-16H2,(H,28,31)/t23-/m0/s1. The lowest BCUT2D eigenvalue weighted by atomic mass is 9.94. The number of hydrogen-bond donors (Lipinski definition) is 1. The third-order valence-electron chi connectivity index (χ3n) is 5.69. The molecule has 166 valence electrons.